The van der Waals surface area contributed by atoms with Crippen LogP contribution in [0.2, 0.25) is 0 Å². The number of hydrogen-bond acceptors (Lipinski definition) is 3. The molecular formula is C21H15F3N2O3. The van der Waals surface area contributed by atoms with Crippen molar-refractivity contribution in [3.8, 4) is 16.9 Å². The largest absolute Gasteiger partial charge is 0.496 e. The van der Waals surface area contributed by atoms with Gasteiger partial charge in [-0.05, 0) is 30.3 Å². The van der Waals surface area contributed by atoms with Crippen LogP contribution < -0.4 is 15.4 Å². The molecule has 0 saturated carbocycles. The van der Waals surface area contributed by atoms with Gasteiger partial charge in [0.1, 0.15) is 28.8 Å². The van der Waals surface area contributed by atoms with Gasteiger partial charge in [0.15, 0.2) is 0 Å². The number of anilines is 1. The van der Waals surface area contributed by atoms with Crippen molar-refractivity contribution in [2.75, 3.05) is 12.4 Å². The van der Waals surface area contributed by atoms with Crippen molar-refractivity contribution in [2.24, 2.45) is 0 Å². The van der Waals surface area contributed by atoms with Crippen molar-refractivity contribution in [2.45, 2.75) is 0 Å². The fraction of sp³-hybridized carbons (Fsp3) is 0.0476. The summed E-state index contributed by atoms with van der Waals surface area (Å²) in [5.41, 5.74) is 0.128. The van der Waals surface area contributed by atoms with Crippen LogP contribution in [-0.2, 0) is 0 Å². The maximum atomic E-state index is 14.0. The molecule has 0 radical (unpaired) electrons. The van der Waals surface area contributed by atoms with Crippen LogP contribution in [0.4, 0.5) is 23.7 Å². The average Bonchev–Trinajstić information content (AvgIpc) is 2.68. The van der Waals surface area contributed by atoms with Gasteiger partial charge in [0.25, 0.3) is 5.91 Å². The van der Waals surface area contributed by atoms with E-state index in [1.165, 1.54) is 31.4 Å². The van der Waals surface area contributed by atoms with Crippen LogP contribution in [0.15, 0.2) is 60.7 Å². The van der Waals surface area contributed by atoms with Gasteiger partial charge in [-0.1, -0.05) is 24.3 Å². The summed E-state index contributed by atoms with van der Waals surface area (Å²) in [6.07, 6.45) is 0. The van der Waals surface area contributed by atoms with Crippen molar-refractivity contribution in [3.05, 3.63) is 83.7 Å². The maximum absolute atomic E-state index is 14.0. The van der Waals surface area contributed by atoms with E-state index in [9.17, 15) is 22.8 Å². The zero-order valence-electron chi connectivity index (χ0n) is 15.1. The Kier molecular flexibility index (Phi) is 5.82. The molecule has 3 aromatic carbocycles. The quantitative estimate of drug-likeness (QED) is 0.665. The summed E-state index contributed by atoms with van der Waals surface area (Å²) in [4.78, 5) is 24.0. The van der Waals surface area contributed by atoms with E-state index in [1.54, 1.807) is 18.2 Å². The molecule has 0 unspecified atom stereocenters. The first-order valence-electron chi connectivity index (χ1n) is 8.40. The highest BCUT2D eigenvalue weighted by Gasteiger charge is 2.19. The number of hydrogen-bond donors (Lipinski definition) is 2. The number of ether oxygens (including phenoxy) is 1. The molecule has 0 atom stereocenters. The van der Waals surface area contributed by atoms with E-state index in [1.807, 2.05) is 5.32 Å². The Hall–Kier alpha value is -3.81. The van der Waals surface area contributed by atoms with Crippen LogP contribution in [0.25, 0.3) is 11.1 Å². The van der Waals surface area contributed by atoms with E-state index in [4.69, 9.17) is 4.74 Å². The van der Waals surface area contributed by atoms with E-state index in [2.05, 4.69) is 5.32 Å². The second-order valence-corrected chi connectivity index (χ2v) is 5.90. The summed E-state index contributed by atoms with van der Waals surface area (Å²) in [6.45, 7) is 0. The molecule has 0 heterocycles. The normalized spacial score (nSPS) is 10.3. The number of rotatable bonds is 4. The second kappa shape index (κ2) is 8.47. The Labute approximate surface area is 164 Å². The fourth-order valence-electron chi connectivity index (χ4n) is 2.71. The molecular weight excluding hydrogens is 385 g/mol. The van der Waals surface area contributed by atoms with E-state index in [-0.39, 0.29) is 11.4 Å². The summed E-state index contributed by atoms with van der Waals surface area (Å²) in [5.74, 6) is -3.58. The lowest BCUT2D eigenvalue weighted by Gasteiger charge is -2.13. The summed E-state index contributed by atoms with van der Waals surface area (Å²) in [6, 6.07) is 12.5. The number of imide groups is 1. The van der Waals surface area contributed by atoms with Gasteiger partial charge < -0.3 is 10.1 Å². The lowest BCUT2D eigenvalue weighted by Crippen LogP contribution is -2.35. The molecule has 3 rings (SSSR count). The van der Waals surface area contributed by atoms with Gasteiger partial charge in [-0.15, -0.1) is 0 Å². The van der Waals surface area contributed by atoms with Gasteiger partial charge in [-0.2, -0.15) is 0 Å². The first-order chi connectivity index (χ1) is 13.9. The number of nitrogens with one attached hydrogen (secondary N) is 2. The molecule has 8 heteroatoms. The average molecular weight is 400 g/mol. The lowest BCUT2D eigenvalue weighted by molar-refractivity contribution is 0.0959. The van der Waals surface area contributed by atoms with Crippen molar-refractivity contribution in [1.82, 2.24) is 5.32 Å². The minimum absolute atomic E-state index is 0.223. The third kappa shape index (κ3) is 4.37. The smallest absolute Gasteiger partial charge is 0.326 e. The lowest BCUT2D eigenvalue weighted by atomic mass is 10.0. The molecule has 2 N–H and O–H groups in total. The summed E-state index contributed by atoms with van der Waals surface area (Å²) < 4.78 is 46.6. The second-order valence-electron chi connectivity index (χ2n) is 5.90. The molecule has 0 bridgehead atoms. The van der Waals surface area contributed by atoms with Gasteiger partial charge in [-0.25, -0.2) is 18.0 Å². The number of benzene rings is 3. The molecule has 5 nitrogen and oxygen atoms in total. The number of halogens is 3. The highest BCUT2D eigenvalue weighted by Crippen LogP contribution is 2.33. The Morgan fingerprint density at radius 2 is 1.48 bits per heavy atom. The highest BCUT2D eigenvalue weighted by atomic mass is 19.1. The molecule has 148 valence electrons. The zero-order valence-corrected chi connectivity index (χ0v) is 15.1. The van der Waals surface area contributed by atoms with Crippen molar-refractivity contribution in [3.63, 3.8) is 0 Å². The summed E-state index contributed by atoms with van der Waals surface area (Å²) in [7, 11) is 1.38. The van der Waals surface area contributed by atoms with Crippen LogP contribution in [0, 0.1) is 17.5 Å². The third-order valence-corrected chi connectivity index (χ3v) is 4.04. The minimum Gasteiger partial charge on any atom is -0.496 e. The molecule has 0 aliphatic rings. The molecule has 0 spiro atoms. The van der Waals surface area contributed by atoms with E-state index in [0.717, 1.165) is 18.2 Å². The Bertz CT molecular complexity index is 1070. The molecule has 0 aliphatic heterocycles. The predicted molar refractivity (Wildman–Crippen MR) is 101 cm³/mol. The molecule has 3 aromatic rings. The standard InChI is InChI=1S/C21H15F3N2O3/c1-29-18-11-12(9-10-14(18)13-5-2-3-6-15(13)22)25-21(28)26-20(27)19-16(23)7-4-8-17(19)24/h2-11H,1H3,(H2,25,26,27,28). The van der Waals surface area contributed by atoms with Crippen molar-refractivity contribution < 1.29 is 27.5 Å². The van der Waals surface area contributed by atoms with E-state index >= 15 is 0 Å². The molecule has 3 amide bonds. The molecule has 0 saturated heterocycles. The summed E-state index contributed by atoms with van der Waals surface area (Å²) >= 11 is 0. The Morgan fingerprint density at radius 1 is 0.828 bits per heavy atom. The van der Waals surface area contributed by atoms with Crippen molar-refractivity contribution in [1.29, 1.82) is 0 Å². The number of carbonyl (C=O) groups excluding carboxylic acids is 2. The van der Waals surface area contributed by atoms with E-state index < -0.39 is 35.0 Å². The number of amides is 3. The highest BCUT2D eigenvalue weighted by molar-refractivity contribution is 6.08. The van der Waals surface area contributed by atoms with Gasteiger partial charge in [0.05, 0.1) is 7.11 Å². The third-order valence-electron chi connectivity index (χ3n) is 4.04. The number of carbonyl (C=O) groups is 2. The first-order valence-corrected chi connectivity index (χ1v) is 8.40. The molecule has 0 aliphatic carbocycles. The fourth-order valence-corrected chi connectivity index (χ4v) is 2.71. The van der Waals surface area contributed by atoms with Crippen LogP contribution in [0.3, 0.4) is 0 Å². The van der Waals surface area contributed by atoms with Crippen LogP contribution in [0.1, 0.15) is 10.4 Å². The monoisotopic (exact) mass is 400 g/mol. The summed E-state index contributed by atoms with van der Waals surface area (Å²) in [5, 5.41) is 4.21. The maximum Gasteiger partial charge on any atom is 0.326 e. The molecule has 0 aromatic heterocycles. The van der Waals surface area contributed by atoms with Crippen LogP contribution in [-0.4, -0.2) is 19.0 Å². The van der Waals surface area contributed by atoms with Gasteiger partial charge in [0.2, 0.25) is 0 Å². The predicted octanol–water partition coefficient (Wildman–Crippen LogP) is 4.74. The Balaban J connectivity index is 1.77. The van der Waals surface area contributed by atoms with Gasteiger partial charge >= 0.3 is 6.03 Å². The van der Waals surface area contributed by atoms with Crippen LogP contribution >= 0.6 is 0 Å². The molecule has 0 fully saturated rings. The topological polar surface area (TPSA) is 67.4 Å². The first kappa shape index (κ1) is 19.9. The zero-order chi connectivity index (χ0) is 21.0. The SMILES string of the molecule is COc1cc(NC(=O)NC(=O)c2c(F)cccc2F)ccc1-c1ccccc1F. The van der Waals surface area contributed by atoms with Crippen molar-refractivity contribution >= 4 is 17.6 Å². The minimum atomic E-state index is -1.23. The van der Waals surface area contributed by atoms with Gasteiger partial charge in [-0.3, -0.25) is 10.1 Å². The van der Waals surface area contributed by atoms with Crippen LogP contribution in [0.5, 0.6) is 5.75 Å². The molecule has 29 heavy (non-hydrogen) atoms. The van der Waals surface area contributed by atoms with E-state index in [0.29, 0.717) is 11.1 Å². The number of urea groups is 1. The number of methoxy groups -OCH3 is 1. The Morgan fingerprint density at radius 3 is 2.14 bits per heavy atom. The van der Waals surface area contributed by atoms with Gasteiger partial charge in [0, 0.05) is 22.9 Å².